The molecule has 0 aliphatic rings. The topological polar surface area (TPSA) is 63.1 Å². The molecule has 0 fully saturated rings. The Labute approximate surface area is 247 Å². The summed E-state index contributed by atoms with van der Waals surface area (Å²) in [6.07, 6.45) is 0. The first-order valence-electron chi connectivity index (χ1n) is 13.7. The maximum absolute atomic E-state index is 13.8. The molecule has 1 unspecified atom stereocenters. The molecule has 6 aromatic rings. The van der Waals surface area contributed by atoms with E-state index in [0.29, 0.717) is 11.3 Å². The van der Waals surface area contributed by atoms with Crippen LogP contribution in [0, 0.1) is 5.82 Å². The third kappa shape index (κ3) is 5.64. The summed E-state index contributed by atoms with van der Waals surface area (Å²) in [5, 5.41) is 7.72. The molecule has 1 atom stereocenters. The molecule has 5 nitrogen and oxygen atoms in total. The highest BCUT2D eigenvalue weighted by Gasteiger charge is 2.23. The molecule has 0 aliphatic carbocycles. The van der Waals surface area contributed by atoms with E-state index in [0.717, 1.165) is 39.0 Å². The lowest BCUT2D eigenvalue weighted by Crippen LogP contribution is -2.19. The SMILES string of the molecule is CCn1c2ccccc2c2cc(NC(=O)C(Sc3cccc(NC(=O)c4ccc(F)cc4)c3)c3ccccc3)ccc21. The van der Waals surface area contributed by atoms with Gasteiger partial charge in [0.2, 0.25) is 5.91 Å². The number of benzene rings is 5. The van der Waals surface area contributed by atoms with Crippen LogP contribution in [0.1, 0.15) is 28.1 Å². The lowest BCUT2D eigenvalue weighted by Gasteiger charge is -2.18. The summed E-state index contributed by atoms with van der Waals surface area (Å²) in [7, 11) is 0. The second kappa shape index (κ2) is 11.9. The number of anilines is 2. The number of para-hydroxylation sites is 1. The Morgan fingerprint density at radius 2 is 1.45 bits per heavy atom. The van der Waals surface area contributed by atoms with Crippen LogP contribution in [0.25, 0.3) is 21.8 Å². The number of halogens is 1. The summed E-state index contributed by atoms with van der Waals surface area (Å²) in [5.74, 6) is -0.886. The van der Waals surface area contributed by atoms with Crippen molar-refractivity contribution >= 4 is 56.8 Å². The number of hydrogen-bond acceptors (Lipinski definition) is 3. The van der Waals surface area contributed by atoms with Gasteiger partial charge in [0.15, 0.2) is 0 Å². The Hall–Kier alpha value is -4.88. The molecule has 1 aromatic heterocycles. The van der Waals surface area contributed by atoms with Gasteiger partial charge in [-0.1, -0.05) is 54.6 Å². The standard InChI is InChI=1S/C35H28FN3O2S/c1-2-39-31-14-7-6-13-29(31)30-22-27(19-20-32(30)39)38-35(41)33(23-9-4-3-5-10-23)42-28-12-8-11-26(21-28)37-34(40)24-15-17-25(36)18-16-24/h3-22,33H,2H2,1H3,(H,37,40)(H,38,41). The zero-order valence-corrected chi connectivity index (χ0v) is 23.7. The van der Waals surface area contributed by atoms with Crippen LogP contribution in [0.4, 0.5) is 15.8 Å². The van der Waals surface area contributed by atoms with Gasteiger partial charge in [0.05, 0.1) is 0 Å². The minimum atomic E-state index is -0.540. The van der Waals surface area contributed by atoms with Crippen molar-refractivity contribution in [3.05, 3.63) is 138 Å². The van der Waals surface area contributed by atoms with Crippen LogP contribution in [-0.4, -0.2) is 16.4 Å². The first-order valence-corrected chi connectivity index (χ1v) is 14.6. The van der Waals surface area contributed by atoms with Crippen molar-refractivity contribution in [2.45, 2.75) is 23.6 Å². The molecule has 42 heavy (non-hydrogen) atoms. The second-order valence-electron chi connectivity index (χ2n) is 9.88. The molecule has 2 N–H and O–H groups in total. The molecule has 0 saturated carbocycles. The van der Waals surface area contributed by atoms with Crippen molar-refractivity contribution in [2.24, 2.45) is 0 Å². The zero-order chi connectivity index (χ0) is 29.1. The number of carbonyl (C=O) groups is 2. The van der Waals surface area contributed by atoms with E-state index in [-0.39, 0.29) is 11.8 Å². The predicted octanol–water partition coefficient (Wildman–Crippen LogP) is 8.68. The lowest BCUT2D eigenvalue weighted by atomic mass is 10.1. The molecule has 0 saturated heterocycles. The van der Waals surface area contributed by atoms with Gasteiger partial charge in [-0.25, -0.2) is 4.39 Å². The number of hydrogen-bond donors (Lipinski definition) is 2. The molecule has 0 bridgehead atoms. The fraction of sp³-hybridized carbons (Fsp3) is 0.0857. The third-order valence-electron chi connectivity index (χ3n) is 7.15. The number of amides is 2. The average molecular weight is 574 g/mol. The maximum atomic E-state index is 13.8. The summed E-state index contributed by atoms with van der Waals surface area (Å²) < 4.78 is 15.6. The Balaban J connectivity index is 1.26. The van der Waals surface area contributed by atoms with E-state index in [9.17, 15) is 14.0 Å². The van der Waals surface area contributed by atoms with E-state index < -0.39 is 11.1 Å². The van der Waals surface area contributed by atoms with Crippen LogP contribution in [0.5, 0.6) is 0 Å². The number of rotatable bonds is 8. The molecule has 2 amide bonds. The summed E-state index contributed by atoms with van der Waals surface area (Å²) in [5.41, 5.74) is 4.83. The highest BCUT2D eigenvalue weighted by Crippen LogP contribution is 2.38. The third-order valence-corrected chi connectivity index (χ3v) is 8.40. The largest absolute Gasteiger partial charge is 0.341 e. The Bertz CT molecular complexity index is 1900. The molecule has 7 heteroatoms. The summed E-state index contributed by atoms with van der Waals surface area (Å²) in [6, 6.07) is 36.7. The number of carbonyl (C=O) groups excluding carboxylic acids is 2. The van der Waals surface area contributed by atoms with Gasteiger partial charge in [0.25, 0.3) is 5.91 Å². The second-order valence-corrected chi connectivity index (χ2v) is 11.1. The van der Waals surface area contributed by atoms with Crippen molar-refractivity contribution in [1.29, 1.82) is 0 Å². The lowest BCUT2D eigenvalue weighted by molar-refractivity contribution is -0.115. The average Bonchev–Trinajstić information content (AvgIpc) is 3.33. The van der Waals surface area contributed by atoms with E-state index in [1.54, 1.807) is 6.07 Å². The van der Waals surface area contributed by atoms with Crippen molar-refractivity contribution in [1.82, 2.24) is 4.57 Å². The normalized spacial score (nSPS) is 11.9. The van der Waals surface area contributed by atoms with Crippen LogP contribution >= 0.6 is 11.8 Å². The number of nitrogens with one attached hydrogen (secondary N) is 2. The predicted molar refractivity (Wildman–Crippen MR) is 170 cm³/mol. The fourth-order valence-corrected chi connectivity index (χ4v) is 6.25. The summed E-state index contributed by atoms with van der Waals surface area (Å²) >= 11 is 1.41. The van der Waals surface area contributed by atoms with E-state index in [4.69, 9.17) is 0 Å². The Morgan fingerprint density at radius 3 is 2.24 bits per heavy atom. The number of nitrogens with zero attached hydrogens (tertiary/aromatic N) is 1. The minimum Gasteiger partial charge on any atom is -0.341 e. The van der Waals surface area contributed by atoms with E-state index in [1.807, 2.05) is 72.8 Å². The van der Waals surface area contributed by atoms with Gasteiger partial charge in [0.1, 0.15) is 11.1 Å². The van der Waals surface area contributed by atoms with Gasteiger partial charge in [-0.15, -0.1) is 11.8 Å². The van der Waals surface area contributed by atoms with Gasteiger partial charge in [-0.05, 0) is 79.2 Å². The summed E-state index contributed by atoms with van der Waals surface area (Å²) in [6.45, 7) is 2.98. The van der Waals surface area contributed by atoms with Crippen molar-refractivity contribution in [2.75, 3.05) is 10.6 Å². The van der Waals surface area contributed by atoms with E-state index in [2.05, 4.69) is 40.3 Å². The van der Waals surface area contributed by atoms with Gasteiger partial charge in [-0.3, -0.25) is 9.59 Å². The molecule has 0 radical (unpaired) electrons. The number of aromatic nitrogens is 1. The van der Waals surface area contributed by atoms with E-state index in [1.165, 1.54) is 41.5 Å². The van der Waals surface area contributed by atoms with Crippen LogP contribution in [-0.2, 0) is 11.3 Å². The van der Waals surface area contributed by atoms with Crippen molar-refractivity contribution < 1.29 is 14.0 Å². The smallest absolute Gasteiger partial charge is 0.255 e. The number of aryl methyl sites for hydroxylation is 1. The first kappa shape index (κ1) is 27.3. The van der Waals surface area contributed by atoms with Gasteiger partial charge < -0.3 is 15.2 Å². The van der Waals surface area contributed by atoms with Gasteiger partial charge >= 0.3 is 0 Å². The summed E-state index contributed by atoms with van der Waals surface area (Å²) in [4.78, 5) is 27.3. The van der Waals surface area contributed by atoms with Crippen molar-refractivity contribution in [3.63, 3.8) is 0 Å². The van der Waals surface area contributed by atoms with Crippen molar-refractivity contribution in [3.8, 4) is 0 Å². The highest BCUT2D eigenvalue weighted by atomic mass is 32.2. The Kier molecular flexibility index (Phi) is 7.75. The van der Waals surface area contributed by atoms with Crippen LogP contribution in [0.3, 0.4) is 0 Å². The van der Waals surface area contributed by atoms with Crippen LogP contribution in [0.2, 0.25) is 0 Å². The van der Waals surface area contributed by atoms with Crippen LogP contribution < -0.4 is 10.6 Å². The molecule has 6 rings (SSSR count). The highest BCUT2D eigenvalue weighted by molar-refractivity contribution is 8.00. The first-order chi connectivity index (χ1) is 20.5. The van der Waals surface area contributed by atoms with E-state index >= 15 is 0 Å². The number of thioether (sulfide) groups is 1. The zero-order valence-electron chi connectivity index (χ0n) is 22.9. The monoisotopic (exact) mass is 573 g/mol. The molecule has 208 valence electrons. The molecule has 0 aliphatic heterocycles. The van der Waals surface area contributed by atoms with Gasteiger partial charge in [0, 0.05) is 50.2 Å². The molecule has 1 heterocycles. The maximum Gasteiger partial charge on any atom is 0.255 e. The molecular formula is C35H28FN3O2S. The Morgan fingerprint density at radius 1 is 0.738 bits per heavy atom. The molecule has 0 spiro atoms. The molecular weight excluding hydrogens is 545 g/mol. The quantitative estimate of drug-likeness (QED) is 0.179. The number of fused-ring (bicyclic) bond motifs is 3. The fourth-order valence-electron chi connectivity index (χ4n) is 5.17. The molecule has 5 aromatic carbocycles. The minimum absolute atomic E-state index is 0.148. The van der Waals surface area contributed by atoms with Gasteiger partial charge in [-0.2, -0.15) is 0 Å². The van der Waals surface area contributed by atoms with Crippen LogP contribution in [0.15, 0.2) is 126 Å².